The Bertz CT molecular complexity index is 722. The molecule has 0 spiro atoms. The van der Waals surface area contributed by atoms with E-state index in [9.17, 15) is 9.18 Å². The van der Waals surface area contributed by atoms with Gasteiger partial charge in [0.15, 0.2) is 0 Å². The Kier molecular flexibility index (Phi) is 3.53. The third-order valence-electron chi connectivity index (χ3n) is 2.72. The van der Waals surface area contributed by atoms with Crippen molar-refractivity contribution >= 4 is 23.0 Å². The van der Waals surface area contributed by atoms with Crippen molar-refractivity contribution < 1.29 is 9.18 Å². The van der Waals surface area contributed by atoms with E-state index in [4.69, 9.17) is 16.7 Å². The quantitative estimate of drug-likeness (QED) is 0.743. The number of para-hydroxylation sites is 1. The number of primary amides is 1. The largest absolute Gasteiger partial charge is 0.397 e. The Hall–Kier alpha value is -3.07. The summed E-state index contributed by atoms with van der Waals surface area (Å²) in [5.41, 5.74) is 12.3. The first kappa shape index (κ1) is 13.4. The Morgan fingerprint density at radius 3 is 2.70 bits per heavy atom. The predicted molar refractivity (Wildman–Crippen MR) is 73.8 cm³/mol. The maximum absolute atomic E-state index is 13.1. The van der Waals surface area contributed by atoms with Crippen LogP contribution in [0.15, 0.2) is 36.4 Å². The molecule has 5 N–H and O–H groups in total. The van der Waals surface area contributed by atoms with E-state index >= 15 is 0 Å². The highest BCUT2D eigenvalue weighted by Crippen LogP contribution is 2.29. The zero-order valence-electron chi connectivity index (χ0n) is 10.4. The van der Waals surface area contributed by atoms with E-state index in [-0.39, 0.29) is 11.1 Å². The standard InChI is InChI=1S/C14H11FN4O/c15-9-4-5-12(8(6-9)7-16)19-13-10(14(18)20)2-1-3-11(13)17/h1-6,19H,17H2,(H2,18,20). The first-order chi connectivity index (χ1) is 9.52. The summed E-state index contributed by atoms with van der Waals surface area (Å²) in [4.78, 5) is 11.4. The molecule has 2 aromatic rings. The maximum Gasteiger partial charge on any atom is 0.250 e. The van der Waals surface area contributed by atoms with Gasteiger partial charge in [-0.3, -0.25) is 4.79 Å². The van der Waals surface area contributed by atoms with Crippen LogP contribution >= 0.6 is 0 Å². The van der Waals surface area contributed by atoms with Crippen LogP contribution in [0.1, 0.15) is 15.9 Å². The van der Waals surface area contributed by atoms with Crippen LogP contribution in [0.5, 0.6) is 0 Å². The number of hydrogen-bond donors (Lipinski definition) is 3. The fraction of sp³-hybridized carbons (Fsp3) is 0. The van der Waals surface area contributed by atoms with Gasteiger partial charge in [0, 0.05) is 0 Å². The average molecular weight is 270 g/mol. The van der Waals surface area contributed by atoms with E-state index in [0.29, 0.717) is 17.1 Å². The van der Waals surface area contributed by atoms with Crippen LogP contribution in [-0.2, 0) is 0 Å². The lowest BCUT2D eigenvalue weighted by molar-refractivity contribution is 0.100. The highest BCUT2D eigenvalue weighted by molar-refractivity contribution is 6.02. The summed E-state index contributed by atoms with van der Waals surface area (Å²) in [7, 11) is 0. The molecule has 0 saturated heterocycles. The van der Waals surface area contributed by atoms with Gasteiger partial charge in [0.25, 0.3) is 5.91 Å². The Labute approximate surface area is 114 Å². The van der Waals surface area contributed by atoms with Gasteiger partial charge in [-0.15, -0.1) is 0 Å². The molecule has 0 bridgehead atoms. The van der Waals surface area contributed by atoms with Crippen LogP contribution in [0.2, 0.25) is 0 Å². The smallest absolute Gasteiger partial charge is 0.250 e. The number of amides is 1. The number of anilines is 3. The van der Waals surface area contributed by atoms with Crippen molar-refractivity contribution in [3.05, 3.63) is 53.3 Å². The molecule has 0 aliphatic rings. The molecule has 2 rings (SSSR count). The molecule has 100 valence electrons. The molecule has 2 aromatic carbocycles. The number of rotatable bonds is 3. The lowest BCUT2D eigenvalue weighted by Crippen LogP contribution is -2.14. The average Bonchev–Trinajstić information content (AvgIpc) is 2.42. The van der Waals surface area contributed by atoms with E-state index < -0.39 is 11.7 Å². The number of nitrogens with zero attached hydrogens (tertiary/aromatic N) is 1. The summed E-state index contributed by atoms with van der Waals surface area (Å²) in [5.74, 6) is -1.18. The van der Waals surface area contributed by atoms with Gasteiger partial charge in [-0.1, -0.05) is 6.07 Å². The van der Waals surface area contributed by atoms with E-state index in [0.717, 1.165) is 6.07 Å². The van der Waals surface area contributed by atoms with E-state index in [1.807, 2.05) is 6.07 Å². The van der Waals surface area contributed by atoms with Gasteiger partial charge < -0.3 is 16.8 Å². The summed E-state index contributed by atoms with van der Waals surface area (Å²) in [6.07, 6.45) is 0. The fourth-order valence-electron chi connectivity index (χ4n) is 1.77. The fourth-order valence-corrected chi connectivity index (χ4v) is 1.77. The summed E-state index contributed by atoms with van der Waals surface area (Å²) in [6, 6.07) is 10.2. The van der Waals surface area contributed by atoms with Crippen molar-refractivity contribution in [2.45, 2.75) is 0 Å². The van der Waals surface area contributed by atoms with Crippen LogP contribution < -0.4 is 16.8 Å². The molecular formula is C14H11FN4O. The van der Waals surface area contributed by atoms with Crippen LogP contribution in [-0.4, -0.2) is 5.91 Å². The number of halogens is 1. The molecule has 0 aliphatic heterocycles. The van der Waals surface area contributed by atoms with Gasteiger partial charge in [0.2, 0.25) is 0 Å². The van der Waals surface area contributed by atoms with Gasteiger partial charge in [0.05, 0.1) is 28.2 Å². The van der Waals surface area contributed by atoms with Gasteiger partial charge in [-0.25, -0.2) is 4.39 Å². The van der Waals surface area contributed by atoms with Gasteiger partial charge in [-0.05, 0) is 30.3 Å². The van der Waals surface area contributed by atoms with Crippen molar-refractivity contribution in [1.82, 2.24) is 0 Å². The molecule has 5 nitrogen and oxygen atoms in total. The maximum atomic E-state index is 13.1. The number of benzene rings is 2. The van der Waals surface area contributed by atoms with Gasteiger partial charge in [0.1, 0.15) is 11.9 Å². The van der Waals surface area contributed by atoms with Crippen molar-refractivity contribution in [2.75, 3.05) is 11.1 Å². The molecule has 6 heteroatoms. The molecular weight excluding hydrogens is 259 g/mol. The third-order valence-corrected chi connectivity index (χ3v) is 2.72. The second kappa shape index (κ2) is 5.28. The Morgan fingerprint density at radius 1 is 1.30 bits per heavy atom. The number of carbonyl (C=O) groups is 1. The lowest BCUT2D eigenvalue weighted by atomic mass is 10.1. The highest BCUT2D eigenvalue weighted by Gasteiger charge is 2.13. The molecule has 0 saturated carbocycles. The Balaban J connectivity index is 2.51. The van der Waals surface area contributed by atoms with E-state index in [2.05, 4.69) is 5.32 Å². The number of hydrogen-bond acceptors (Lipinski definition) is 4. The molecule has 1 amide bonds. The van der Waals surface area contributed by atoms with Crippen molar-refractivity contribution in [2.24, 2.45) is 5.73 Å². The summed E-state index contributed by atoms with van der Waals surface area (Å²) in [5, 5.41) is 11.8. The van der Waals surface area contributed by atoms with E-state index in [1.54, 1.807) is 12.1 Å². The number of nitriles is 1. The summed E-state index contributed by atoms with van der Waals surface area (Å²) >= 11 is 0. The van der Waals surface area contributed by atoms with Crippen LogP contribution in [0.4, 0.5) is 21.5 Å². The SMILES string of the molecule is N#Cc1cc(F)ccc1Nc1c(N)cccc1C(N)=O. The topological polar surface area (TPSA) is 105 Å². The second-order valence-corrected chi connectivity index (χ2v) is 4.06. The number of nitrogens with two attached hydrogens (primary N) is 2. The summed E-state index contributed by atoms with van der Waals surface area (Å²) in [6.45, 7) is 0. The molecule has 0 aromatic heterocycles. The van der Waals surface area contributed by atoms with Gasteiger partial charge >= 0.3 is 0 Å². The molecule has 0 fully saturated rings. The minimum absolute atomic E-state index is 0.101. The second-order valence-electron chi connectivity index (χ2n) is 4.06. The first-order valence-corrected chi connectivity index (χ1v) is 5.68. The normalized spacial score (nSPS) is 9.80. The molecule has 0 heterocycles. The monoisotopic (exact) mass is 270 g/mol. The minimum atomic E-state index is -0.652. The molecule has 0 aliphatic carbocycles. The molecule has 0 radical (unpaired) electrons. The van der Waals surface area contributed by atoms with E-state index in [1.165, 1.54) is 18.2 Å². The lowest BCUT2D eigenvalue weighted by Gasteiger charge is -2.13. The van der Waals surface area contributed by atoms with Crippen LogP contribution in [0.3, 0.4) is 0 Å². The number of carbonyl (C=O) groups excluding carboxylic acids is 1. The number of nitrogen functional groups attached to an aromatic ring is 1. The molecule has 0 unspecified atom stereocenters. The minimum Gasteiger partial charge on any atom is -0.397 e. The van der Waals surface area contributed by atoms with Crippen molar-refractivity contribution in [1.29, 1.82) is 5.26 Å². The van der Waals surface area contributed by atoms with Crippen molar-refractivity contribution in [3.63, 3.8) is 0 Å². The Morgan fingerprint density at radius 2 is 2.05 bits per heavy atom. The zero-order chi connectivity index (χ0) is 14.7. The van der Waals surface area contributed by atoms with Crippen LogP contribution in [0.25, 0.3) is 0 Å². The highest BCUT2D eigenvalue weighted by atomic mass is 19.1. The predicted octanol–water partition coefficient (Wildman–Crippen LogP) is 2.12. The molecule has 20 heavy (non-hydrogen) atoms. The zero-order valence-corrected chi connectivity index (χ0v) is 10.4. The number of nitrogens with one attached hydrogen (secondary N) is 1. The molecule has 0 atom stereocenters. The first-order valence-electron chi connectivity index (χ1n) is 5.68. The van der Waals surface area contributed by atoms with Crippen molar-refractivity contribution in [3.8, 4) is 6.07 Å². The third kappa shape index (κ3) is 2.52. The van der Waals surface area contributed by atoms with Crippen LogP contribution in [0, 0.1) is 17.1 Å². The summed E-state index contributed by atoms with van der Waals surface area (Å²) < 4.78 is 13.1. The van der Waals surface area contributed by atoms with Gasteiger partial charge in [-0.2, -0.15) is 5.26 Å².